The van der Waals surface area contributed by atoms with E-state index in [-0.39, 0.29) is 0 Å². The van der Waals surface area contributed by atoms with Crippen LogP contribution in [0.3, 0.4) is 0 Å². The van der Waals surface area contributed by atoms with Gasteiger partial charge in [0.1, 0.15) is 24.2 Å². The van der Waals surface area contributed by atoms with E-state index in [1.807, 2.05) is 43.3 Å². The standard InChI is InChI=1S/C20H19ClN4O2/c1-15(2)12-26-24-20(11-25-14-22-13-23-25)16-3-7-18(8-4-16)27-19-9-5-17(21)6-10-19/h3-11,13-14,24H,1,12H2,2H3. The first-order valence-electron chi connectivity index (χ1n) is 8.22. The molecule has 0 bridgehead atoms. The van der Waals surface area contributed by atoms with Gasteiger partial charge in [0.25, 0.3) is 0 Å². The molecule has 0 aliphatic rings. The fourth-order valence-corrected chi connectivity index (χ4v) is 2.28. The minimum atomic E-state index is 0.395. The molecule has 2 aromatic carbocycles. The van der Waals surface area contributed by atoms with Gasteiger partial charge in [-0.1, -0.05) is 23.8 Å². The van der Waals surface area contributed by atoms with Gasteiger partial charge in [-0.05, 0) is 55.5 Å². The molecule has 0 radical (unpaired) electrons. The topological polar surface area (TPSA) is 61.2 Å². The predicted octanol–water partition coefficient (Wildman–Crippen LogP) is 4.78. The lowest BCUT2D eigenvalue weighted by atomic mass is 10.1. The van der Waals surface area contributed by atoms with Crippen molar-refractivity contribution in [2.45, 2.75) is 6.92 Å². The Kier molecular flexibility index (Phi) is 6.25. The van der Waals surface area contributed by atoms with Gasteiger partial charge in [0.2, 0.25) is 0 Å². The van der Waals surface area contributed by atoms with Crippen LogP contribution in [0.1, 0.15) is 12.5 Å². The van der Waals surface area contributed by atoms with E-state index in [0.29, 0.717) is 23.1 Å². The molecular weight excluding hydrogens is 364 g/mol. The predicted molar refractivity (Wildman–Crippen MR) is 106 cm³/mol. The maximum atomic E-state index is 5.89. The molecule has 0 saturated carbocycles. The minimum absolute atomic E-state index is 0.395. The van der Waals surface area contributed by atoms with Gasteiger partial charge in [0, 0.05) is 10.6 Å². The number of hydrogen-bond donors (Lipinski definition) is 1. The molecule has 1 N–H and O–H groups in total. The second kappa shape index (κ2) is 9.02. The van der Waals surface area contributed by atoms with Crippen LogP contribution in [0.25, 0.3) is 11.9 Å². The highest BCUT2D eigenvalue weighted by Crippen LogP contribution is 2.24. The third-order valence-corrected chi connectivity index (χ3v) is 3.67. The summed E-state index contributed by atoms with van der Waals surface area (Å²) in [7, 11) is 0. The van der Waals surface area contributed by atoms with Crippen LogP contribution in [0, 0.1) is 0 Å². The van der Waals surface area contributed by atoms with Crippen molar-refractivity contribution in [2.75, 3.05) is 6.61 Å². The van der Waals surface area contributed by atoms with E-state index in [1.165, 1.54) is 6.33 Å². The van der Waals surface area contributed by atoms with Crippen LogP contribution in [0.4, 0.5) is 0 Å². The van der Waals surface area contributed by atoms with E-state index >= 15 is 0 Å². The highest BCUT2D eigenvalue weighted by molar-refractivity contribution is 6.30. The molecule has 7 heteroatoms. The first-order chi connectivity index (χ1) is 13.1. The first kappa shape index (κ1) is 18.7. The molecule has 0 amide bonds. The molecule has 3 rings (SSSR count). The number of rotatable bonds is 8. The van der Waals surface area contributed by atoms with E-state index in [1.54, 1.807) is 29.3 Å². The summed E-state index contributed by atoms with van der Waals surface area (Å²) in [5, 5.41) is 4.75. The zero-order chi connectivity index (χ0) is 19.1. The van der Waals surface area contributed by atoms with Gasteiger partial charge < -0.3 is 4.74 Å². The third-order valence-electron chi connectivity index (χ3n) is 3.41. The van der Waals surface area contributed by atoms with Crippen LogP contribution in [0.5, 0.6) is 11.5 Å². The van der Waals surface area contributed by atoms with Crippen molar-refractivity contribution < 1.29 is 9.57 Å². The molecule has 0 spiro atoms. The molecule has 0 aliphatic carbocycles. The van der Waals surface area contributed by atoms with Gasteiger partial charge in [-0.25, -0.2) is 9.67 Å². The zero-order valence-electron chi connectivity index (χ0n) is 14.8. The van der Waals surface area contributed by atoms with Crippen molar-refractivity contribution >= 4 is 23.5 Å². The molecular formula is C20H19ClN4O2. The summed E-state index contributed by atoms with van der Waals surface area (Å²) in [6, 6.07) is 14.8. The molecule has 138 valence electrons. The van der Waals surface area contributed by atoms with Crippen molar-refractivity contribution in [3.63, 3.8) is 0 Å². The van der Waals surface area contributed by atoms with Crippen LogP contribution < -0.4 is 10.2 Å². The van der Waals surface area contributed by atoms with Crippen LogP contribution in [0.15, 0.2) is 73.3 Å². The number of benzene rings is 2. The van der Waals surface area contributed by atoms with Crippen molar-refractivity contribution in [3.8, 4) is 11.5 Å². The fourth-order valence-electron chi connectivity index (χ4n) is 2.15. The van der Waals surface area contributed by atoms with Gasteiger partial charge in [0.05, 0.1) is 18.5 Å². The molecule has 3 aromatic rings. The number of nitrogens with one attached hydrogen (secondary N) is 1. The van der Waals surface area contributed by atoms with Gasteiger partial charge in [-0.3, -0.25) is 10.3 Å². The van der Waals surface area contributed by atoms with E-state index < -0.39 is 0 Å². The smallest absolute Gasteiger partial charge is 0.138 e. The molecule has 0 saturated heterocycles. The van der Waals surface area contributed by atoms with E-state index in [4.69, 9.17) is 21.2 Å². The maximum absolute atomic E-state index is 5.89. The number of hydroxylamine groups is 1. The van der Waals surface area contributed by atoms with Crippen molar-refractivity contribution in [2.24, 2.45) is 0 Å². The number of nitrogens with zero attached hydrogens (tertiary/aromatic N) is 3. The Morgan fingerprint density at radius 3 is 2.41 bits per heavy atom. The molecule has 0 unspecified atom stereocenters. The van der Waals surface area contributed by atoms with E-state index in [0.717, 1.165) is 16.8 Å². The van der Waals surface area contributed by atoms with Gasteiger partial charge in [0.15, 0.2) is 0 Å². The summed E-state index contributed by atoms with van der Waals surface area (Å²) in [6.07, 6.45) is 4.84. The Hall–Kier alpha value is -3.09. The monoisotopic (exact) mass is 382 g/mol. The molecule has 0 aliphatic heterocycles. The summed E-state index contributed by atoms with van der Waals surface area (Å²) in [5.74, 6) is 1.43. The SMILES string of the molecule is C=C(C)CONC(=Cn1cncn1)c1ccc(Oc2ccc(Cl)cc2)cc1. The number of halogens is 1. The molecule has 1 aromatic heterocycles. The van der Waals surface area contributed by atoms with Crippen LogP contribution in [0.2, 0.25) is 5.02 Å². The fraction of sp³-hybridized carbons (Fsp3) is 0.100. The van der Waals surface area contributed by atoms with Crippen LogP contribution >= 0.6 is 11.6 Å². The van der Waals surface area contributed by atoms with Crippen LogP contribution in [-0.4, -0.2) is 21.4 Å². The molecule has 0 atom stereocenters. The molecule has 27 heavy (non-hydrogen) atoms. The lowest BCUT2D eigenvalue weighted by Gasteiger charge is -2.12. The average Bonchev–Trinajstić information content (AvgIpc) is 3.16. The lowest BCUT2D eigenvalue weighted by molar-refractivity contribution is 0.0983. The van der Waals surface area contributed by atoms with Gasteiger partial charge in [-0.15, -0.1) is 0 Å². The van der Waals surface area contributed by atoms with Gasteiger partial charge in [-0.2, -0.15) is 5.10 Å². The Balaban J connectivity index is 1.75. The quantitative estimate of drug-likeness (QED) is 0.449. The van der Waals surface area contributed by atoms with E-state index in [2.05, 4.69) is 22.1 Å². The normalized spacial score (nSPS) is 11.3. The summed E-state index contributed by atoms with van der Waals surface area (Å²) in [6.45, 7) is 6.11. The van der Waals surface area contributed by atoms with Crippen molar-refractivity contribution in [1.29, 1.82) is 0 Å². The summed E-state index contributed by atoms with van der Waals surface area (Å²) < 4.78 is 7.41. The second-order valence-electron chi connectivity index (χ2n) is 5.85. The lowest BCUT2D eigenvalue weighted by Crippen LogP contribution is -2.15. The van der Waals surface area contributed by atoms with Crippen molar-refractivity contribution in [3.05, 3.63) is 83.9 Å². The maximum Gasteiger partial charge on any atom is 0.138 e. The Labute approximate surface area is 162 Å². The highest BCUT2D eigenvalue weighted by Gasteiger charge is 2.05. The van der Waals surface area contributed by atoms with E-state index in [9.17, 15) is 0 Å². The third kappa shape index (κ3) is 5.70. The Morgan fingerprint density at radius 2 is 1.81 bits per heavy atom. The average molecular weight is 383 g/mol. The molecule has 0 fully saturated rings. The summed E-state index contributed by atoms with van der Waals surface area (Å²) in [4.78, 5) is 9.41. The minimum Gasteiger partial charge on any atom is -0.457 e. The van der Waals surface area contributed by atoms with Gasteiger partial charge >= 0.3 is 0 Å². The molecule has 1 heterocycles. The zero-order valence-corrected chi connectivity index (χ0v) is 15.6. The molecule has 6 nitrogen and oxygen atoms in total. The van der Waals surface area contributed by atoms with Crippen LogP contribution in [-0.2, 0) is 4.84 Å². The van der Waals surface area contributed by atoms with Crippen molar-refractivity contribution in [1.82, 2.24) is 20.2 Å². The highest BCUT2D eigenvalue weighted by atomic mass is 35.5. The number of aromatic nitrogens is 3. The second-order valence-corrected chi connectivity index (χ2v) is 6.28. The summed E-state index contributed by atoms with van der Waals surface area (Å²) in [5.41, 5.74) is 5.47. The largest absolute Gasteiger partial charge is 0.457 e. The first-order valence-corrected chi connectivity index (χ1v) is 8.60. The number of hydrogen-bond acceptors (Lipinski definition) is 5. The number of ether oxygens (including phenoxy) is 1. The Morgan fingerprint density at radius 1 is 1.15 bits per heavy atom. The Bertz CT molecular complexity index is 904. The summed E-state index contributed by atoms with van der Waals surface area (Å²) >= 11 is 5.89.